The third-order valence-electron chi connectivity index (χ3n) is 4.28. The zero-order valence-corrected chi connectivity index (χ0v) is 14.9. The number of benzene rings is 1. The Morgan fingerprint density at radius 2 is 2.08 bits per heavy atom. The van der Waals surface area contributed by atoms with E-state index in [1.165, 1.54) is 16.7 Å². The van der Waals surface area contributed by atoms with Gasteiger partial charge in [-0.05, 0) is 18.4 Å². The van der Waals surface area contributed by atoms with Crippen molar-refractivity contribution in [3.8, 4) is 0 Å². The number of hydrogen-bond acceptors (Lipinski definition) is 5. The van der Waals surface area contributed by atoms with Crippen LogP contribution in [-0.2, 0) is 9.59 Å². The number of thioether (sulfide) groups is 1. The van der Waals surface area contributed by atoms with Crippen LogP contribution in [0.2, 0.25) is 0 Å². The third kappa shape index (κ3) is 5.19. The molecule has 1 heterocycles. The predicted octanol–water partition coefficient (Wildman–Crippen LogP) is 2.45. The number of amides is 1. The molecular weight excluding hydrogens is 344 g/mol. The van der Waals surface area contributed by atoms with Crippen LogP contribution in [0.25, 0.3) is 0 Å². The van der Waals surface area contributed by atoms with E-state index in [2.05, 4.69) is 0 Å². The van der Waals surface area contributed by atoms with E-state index in [0.29, 0.717) is 25.1 Å². The summed E-state index contributed by atoms with van der Waals surface area (Å²) in [6, 6.07) is 8.45. The van der Waals surface area contributed by atoms with Crippen molar-refractivity contribution in [1.29, 1.82) is 0 Å². The maximum atomic E-state index is 12.5. The van der Waals surface area contributed by atoms with Crippen LogP contribution in [-0.4, -0.2) is 51.7 Å². The second-order valence-electron chi connectivity index (χ2n) is 6.18. The van der Waals surface area contributed by atoms with Gasteiger partial charge in [0, 0.05) is 23.1 Å². The number of carbonyl (C=O) groups excluding carboxylic acids is 1. The molecule has 0 aliphatic carbocycles. The lowest BCUT2D eigenvalue weighted by atomic mass is 10.1. The molecule has 1 N–H and O–H groups in total. The zero-order chi connectivity index (χ0) is 18.4. The van der Waals surface area contributed by atoms with Gasteiger partial charge in [-0.3, -0.25) is 14.9 Å². The third-order valence-corrected chi connectivity index (χ3v) is 5.79. The van der Waals surface area contributed by atoms with Gasteiger partial charge in [-0.15, -0.1) is 11.8 Å². The summed E-state index contributed by atoms with van der Waals surface area (Å²) < 4.78 is 0. The molecule has 0 saturated carbocycles. The van der Waals surface area contributed by atoms with E-state index in [9.17, 15) is 24.8 Å². The molecule has 7 nitrogen and oxygen atoms in total. The van der Waals surface area contributed by atoms with Gasteiger partial charge in [0.1, 0.15) is 6.04 Å². The van der Waals surface area contributed by atoms with E-state index < -0.39 is 12.0 Å². The second-order valence-corrected chi connectivity index (χ2v) is 7.41. The van der Waals surface area contributed by atoms with Crippen molar-refractivity contribution < 1.29 is 19.6 Å². The van der Waals surface area contributed by atoms with Crippen LogP contribution in [0.5, 0.6) is 0 Å². The summed E-state index contributed by atoms with van der Waals surface area (Å²) in [6.45, 7) is 2.00. The number of carboxylic acids is 1. The lowest BCUT2D eigenvalue weighted by Crippen LogP contribution is -2.43. The van der Waals surface area contributed by atoms with Gasteiger partial charge in [0.05, 0.1) is 5.25 Å². The minimum Gasteiger partial charge on any atom is -0.480 e. The van der Waals surface area contributed by atoms with Gasteiger partial charge >= 0.3 is 5.97 Å². The van der Waals surface area contributed by atoms with E-state index in [1.807, 2.05) is 30.3 Å². The molecule has 0 aromatic heterocycles. The van der Waals surface area contributed by atoms with Crippen LogP contribution in [0.15, 0.2) is 30.3 Å². The average molecular weight is 366 g/mol. The number of likely N-dealkylation sites (tertiary alicyclic amines) is 1. The predicted molar refractivity (Wildman–Crippen MR) is 95.0 cm³/mol. The first kappa shape index (κ1) is 19.2. The summed E-state index contributed by atoms with van der Waals surface area (Å²) in [5.41, 5.74) is 0.855. The van der Waals surface area contributed by atoms with Crippen LogP contribution >= 0.6 is 11.8 Å². The Hall–Kier alpha value is -2.09. The first-order valence-electron chi connectivity index (χ1n) is 8.21. The van der Waals surface area contributed by atoms with Crippen molar-refractivity contribution in [2.24, 2.45) is 5.92 Å². The fourth-order valence-corrected chi connectivity index (χ4v) is 4.20. The van der Waals surface area contributed by atoms with Crippen molar-refractivity contribution in [1.82, 2.24) is 4.90 Å². The summed E-state index contributed by atoms with van der Waals surface area (Å²) in [6.07, 6.45) is 1.17. The quantitative estimate of drug-likeness (QED) is 0.560. The Kier molecular flexibility index (Phi) is 6.81. The van der Waals surface area contributed by atoms with E-state index in [0.717, 1.165) is 5.56 Å². The molecule has 1 aromatic carbocycles. The molecule has 0 bridgehead atoms. The molecule has 1 fully saturated rings. The van der Waals surface area contributed by atoms with Crippen molar-refractivity contribution in [2.45, 2.75) is 31.1 Å². The lowest BCUT2D eigenvalue weighted by molar-refractivity contribution is -0.479. The van der Waals surface area contributed by atoms with Crippen molar-refractivity contribution in [2.75, 3.05) is 18.8 Å². The molecular formula is C17H22N2O5S. The Bertz CT molecular complexity index is 625. The van der Waals surface area contributed by atoms with Crippen molar-refractivity contribution in [3.05, 3.63) is 46.0 Å². The van der Waals surface area contributed by atoms with Crippen molar-refractivity contribution >= 4 is 23.6 Å². The first-order chi connectivity index (χ1) is 11.9. The average Bonchev–Trinajstić information content (AvgIpc) is 3.08. The van der Waals surface area contributed by atoms with Gasteiger partial charge in [-0.25, -0.2) is 4.79 Å². The number of rotatable bonds is 8. The Labute approximate surface area is 150 Å². The summed E-state index contributed by atoms with van der Waals surface area (Å²) in [5.74, 6) is -1.14. The van der Waals surface area contributed by atoms with Gasteiger partial charge in [0.2, 0.25) is 12.5 Å². The van der Waals surface area contributed by atoms with Crippen LogP contribution in [0.1, 0.15) is 30.6 Å². The van der Waals surface area contributed by atoms with Gasteiger partial charge in [0.15, 0.2) is 0 Å². The molecule has 0 spiro atoms. The van der Waals surface area contributed by atoms with Crippen LogP contribution < -0.4 is 0 Å². The first-order valence-corrected chi connectivity index (χ1v) is 9.26. The number of nitro groups is 1. The van der Waals surface area contributed by atoms with E-state index in [-0.39, 0.29) is 28.5 Å². The second kappa shape index (κ2) is 8.84. The molecule has 2 rings (SSSR count). The fourth-order valence-electron chi connectivity index (χ4n) is 2.96. The topological polar surface area (TPSA) is 101 Å². The lowest BCUT2D eigenvalue weighted by Gasteiger charge is -2.25. The SMILES string of the molecule is CC(CSC(C[N+](=O)[O-])c1ccccc1)C(=O)N1CCC[C@H]1C(=O)O. The number of hydrogen-bond donors (Lipinski definition) is 1. The number of carbonyl (C=O) groups is 2. The summed E-state index contributed by atoms with van der Waals surface area (Å²) >= 11 is 1.37. The number of carboxylic acid groups (broad SMARTS) is 1. The maximum absolute atomic E-state index is 12.5. The largest absolute Gasteiger partial charge is 0.480 e. The normalized spacial score (nSPS) is 19.4. The van der Waals surface area contributed by atoms with E-state index in [4.69, 9.17) is 0 Å². The Balaban J connectivity index is 1.98. The molecule has 1 aliphatic rings. The van der Waals surface area contributed by atoms with Crippen LogP contribution in [0, 0.1) is 16.0 Å². The van der Waals surface area contributed by atoms with Gasteiger partial charge < -0.3 is 10.0 Å². The summed E-state index contributed by atoms with van der Waals surface area (Å²) in [5, 5.41) is 19.8. The number of aliphatic carboxylic acids is 1. The molecule has 25 heavy (non-hydrogen) atoms. The minimum absolute atomic E-state index is 0.190. The van der Waals surface area contributed by atoms with Gasteiger partial charge in [-0.2, -0.15) is 0 Å². The molecule has 1 aromatic rings. The molecule has 3 atom stereocenters. The Morgan fingerprint density at radius 3 is 2.68 bits per heavy atom. The fraction of sp³-hybridized carbons (Fsp3) is 0.529. The van der Waals surface area contributed by atoms with Gasteiger partial charge in [0.25, 0.3) is 0 Å². The van der Waals surface area contributed by atoms with Gasteiger partial charge in [-0.1, -0.05) is 37.3 Å². The molecule has 8 heteroatoms. The highest BCUT2D eigenvalue weighted by molar-refractivity contribution is 7.99. The highest BCUT2D eigenvalue weighted by atomic mass is 32.2. The van der Waals surface area contributed by atoms with E-state index >= 15 is 0 Å². The van der Waals surface area contributed by atoms with E-state index in [1.54, 1.807) is 6.92 Å². The standard InChI is InChI=1S/C17H22N2O5S/c1-12(16(20)18-9-5-8-14(18)17(21)22)11-25-15(10-19(23)24)13-6-3-2-4-7-13/h2-4,6-7,12,14-15H,5,8-11H2,1H3,(H,21,22)/t12?,14-,15?/m0/s1. The van der Waals surface area contributed by atoms with Crippen LogP contribution in [0.3, 0.4) is 0 Å². The van der Waals surface area contributed by atoms with Crippen LogP contribution in [0.4, 0.5) is 0 Å². The van der Waals surface area contributed by atoms with Crippen molar-refractivity contribution in [3.63, 3.8) is 0 Å². The molecule has 1 aliphatic heterocycles. The smallest absolute Gasteiger partial charge is 0.326 e. The summed E-state index contributed by atoms with van der Waals surface area (Å²) in [4.78, 5) is 35.8. The molecule has 1 amide bonds. The molecule has 136 valence electrons. The molecule has 1 saturated heterocycles. The Morgan fingerprint density at radius 1 is 1.40 bits per heavy atom. The highest BCUT2D eigenvalue weighted by Gasteiger charge is 2.36. The zero-order valence-electron chi connectivity index (χ0n) is 14.0. The molecule has 0 radical (unpaired) electrons. The monoisotopic (exact) mass is 366 g/mol. The number of nitrogens with zero attached hydrogens (tertiary/aromatic N) is 2. The minimum atomic E-state index is -0.971. The maximum Gasteiger partial charge on any atom is 0.326 e. The highest BCUT2D eigenvalue weighted by Crippen LogP contribution is 2.31. The summed E-state index contributed by atoms with van der Waals surface area (Å²) in [7, 11) is 0. The molecule has 2 unspecified atom stereocenters.